The summed E-state index contributed by atoms with van der Waals surface area (Å²) >= 11 is 1.42. The van der Waals surface area contributed by atoms with Crippen molar-refractivity contribution in [1.29, 1.82) is 0 Å². The molecule has 0 unspecified atom stereocenters. The molecule has 0 bridgehead atoms. The fourth-order valence-electron chi connectivity index (χ4n) is 4.94. The summed E-state index contributed by atoms with van der Waals surface area (Å²) in [5, 5.41) is 9.54. The Morgan fingerprint density at radius 2 is 1.89 bits per heavy atom. The van der Waals surface area contributed by atoms with Crippen molar-refractivity contribution in [3.05, 3.63) is 42.2 Å². The number of unbranched alkanes of at least 4 members (excludes halogenated alkanes) is 1. The van der Waals surface area contributed by atoms with Crippen molar-refractivity contribution in [2.24, 2.45) is 10.8 Å². The van der Waals surface area contributed by atoms with E-state index >= 15 is 0 Å². The van der Waals surface area contributed by atoms with E-state index in [1.807, 2.05) is 24.1 Å². The van der Waals surface area contributed by atoms with E-state index in [4.69, 9.17) is 4.74 Å². The lowest BCUT2D eigenvalue weighted by molar-refractivity contribution is -0.144. The van der Waals surface area contributed by atoms with Crippen LogP contribution < -0.4 is 9.64 Å². The Bertz CT molecular complexity index is 1230. The first-order valence-corrected chi connectivity index (χ1v) is 15.3. The first-order chi connectivity index (χ1) is 17.1. The van der Waals surface area contributed by atoms with Gasteiger partial charge in [-0.3, -0.25) is 4.79 Å². The Morgan fingerprint density at radius 1 is 1.19 bits per heavy atom. The molecule has 1 fully saturated rings. The lowest BCUT2D eigenvalue weighted by Gasteiger charge is -2.36. The lowest BCUT2D eigenvalue weighted by atomic mass is 9.81. The highest BCUT2D eigenvalue weighted by Crippen LogP contribution is 2.49. The van der Waals surface area contributed by atoms with Crippen molar-refractivity contribution >= 4 is 38.9 Å². The molecular weight excluding hydrogens is 501 g/mol. The molecule has 1 heterocycles. The highest BCUT2D eigenvalue weighted by Gasteiger charge is 2.51. The zero-order valence-corrected chi connectivity index (χ0v) is 22.7. The molecule has 0 aromatic heterocycles. The van der Waals surface area contributed by atoms with Crippen molar-refractivity contribution in [2.45, 2.75) is 62.2 Å². The summed E-state index contributed by atoms with van der Waals surface area (Å²) in [7, 11) is -3.70. The van der Waals surface area contributed by atoms with E-state index in [2.05, 4.69) is 6.92 Å². The van der Waals surface area contributed by atoms with Crippen LogP contribution >= 0.6 is 11.8 Å². The van der Waals surface area contributed by atoms with Crippen molar-refractivity contribution in [2.75, 3.05) is 30.1 Å². The predicted molar refractivity (Wildman–Crippen MR) is 141 cm³/mol. The van der Waals surface area contributed by atoms with Crippen LogP contribution in [0.2, 0.25) is 0 Å². The quantitative estimate of drug-likeness (QED) is 0.357. The van der Waals surface area contributed by atoms with Crippen molar-refractivity contribution in [3.63, 3.8) is 0 Å². The molecule has 1 atom stereocenters. The number of carboxylic acid groups (broad SMARTS) is 1. The van der Waals surface area contributed by atoms with Gasteiger partial charge in [0.05, 0.1) is 21.2 Å². The third-order valence-electron chi connectivity index (χ3n) is 7.62. The van der Waals surface area contributed by atoms with Crippen LogP contribution in [-0.4, -0.2) is 44.7 Å². The second kappa shape index (κ2) is 10.2. The number of nitrogens with zero attached hydrogens (tertiary/aromatic N) is 1. The van der Waals surface area contributed by atoms with Crippen LogP contribution in [0.25, 0.3) is 0 Å². The number of fused-ring (bicyclic) bond motifs is 1. The van der Waals surface area contributed by atoms with Gasteiger partial charge in [0.25, 0.3) is 0 Å². The minimum Gasteiger partial charge on any atom is -0.491 e. The SMILES string of the molecule is CCCC[C@]1(CC)CN(c2ccc(F)cc2)c2cc(SC)c(OCC3(C(=O)O)CC3)cc2S(=O)(=O)C1. The number of carboxylic acids is 1. The molecule has 2 aliphatic rings. The molecular formula is C27H34FNO5S2. The fourth-order valence-corrected chi connectivity index (χ4v) is 7.67. The van der Waals surface area contributed by atoms with Gasteiger partial charge in [-0.25, -0.2) is 12.8 Å². The molecule has 0 radical (unpaired) electrons. The Labute approximate surface area is 217 Å². The lowest BCUT2D eigenvalue weighted by Crippen LogP contribution is -2.37. The zero-order valence-electron chi connectivity index (χ0n) is 21.0. The first kappa shape index (κ1) is 26.8. The molecule has 1 aliphatic heterocycles. The van der Waals surface area contributed by atoms with Gasteiger partial charge in [0, 0.05) is 23.7 Å². The molecule has 196 valence electrons. The van der Waals surface area contributed by atoms with Crippen LogP contribution in [0.15, 0.2) is 46.2 Å². The van der Waals surface area contributed by atoms with Gasteiger partial charge in [-0.1, -0.05) is 26.7 Å². The number of carbonyl (C=O) groups is 1. The standard InChI is InChI=1S/C27H34FNO5S2/c1-4-6-11-26(5-2)16-29(20-9-7-19(28)8-10-20)21-14-23(35-3)22(15-24(21)36(32,33)18-26)34-17-27(12-13-27)25(30)31/h7-10,14-15H,4-6,11-13,16-18H2,1-3H3,(H,30,31)/t26-/m1/s1. The number of sulfone groups is 1. The molecule has 6 nitrogen and oxygen atoms in total. The highest BCUT2D eigenvalue weighted by molar-refractivity contribution is 7.98. The van der Waals surface area contributed by atoms with Gasteiger partial charge in [-0.2, -0.15) is 0 Å². The second-order valence-electron chi connectivity index (χ2n) is 10.1. The maximum Gasteiger partial charge on any atom is 0.313 e. The maximum absolute atomic E-state index is 13.9. The first-order valence-electron chi connectivity index (χ1n) is 12.4. The van der Waals surface area contributed by atoms with E-state index in [0.29, 0.717) is 37.2 Å². The molecule has 2 aromatic rings. The van der Waals surface area contributed by atoms with Crippen LogP contribution in [0.1, 0.15) is 52.4 Å². The predicted octanol–water partition coefficient (Wildman–Crippen LogP) is 6.30. The molecule has 36 heavy (non-hydrogen) atoms. The van der Waals surface area contributed by atoms with Gasteiger partial charge in [-0.15, -0.1) is 11.8 Å². The Balaban J connectivity index is 1.85. The number of aliphatic carboxylic acids is 1. The largest absolute Gasteiger partial charge is 0.491 e. The van der Waals surface area contributed by atoms with Crippen molar-refractivity contribution < 1.29 is 27.4 Å². The summed E-state index contributed by atoms with van der Waals surface area (Å²) in [6.45, 7) is 4.63. The average Bonchev–Trinajstić information content (AvgIpc) is 3.66. The molecule has 1 aliphatic carbocycles. The zero-order chi connectivity index (χ0) is 26.1. The summed E-state index contributed by atoms with van der Waals surface area (Å²) in [4.78, 5) is 14.5. The summed E-state index contributed by atoms with van der Waals surface area (Å²) in [6, 6.07) is 9.54. The Morgan fingerprint density at radius 3 is 2.44 bits per heavy atom. The number of rotatable bonds is 10. The Hall–Kier alpha value is -2.26. The van der Waals surface area contributed by atoms with E-state index in [1.165, 1.54) is 23.9 Å². The van der Waals surface area contributed by atoms with E-state index in [-0.39, 0.29) is 23.1 Å². The third kappa shape index (κ3) is 5.23. The van der Waals surface area contributed by atoms with Crippen LogP contribution in [0.4, 0.5) is 15.8 Å². The highest BCUT2D eigenvalue weighted by atomic mass is 32.2. The third-order valence-corrected chi connectivity index (χ3v) is 10.4. The molecule has 1 saturated carbocycles. The topological polar surface area (TPSA) is 83.9 Å². The number of hydrogen-bond donors (Lipinski definition) is 1. The van der Waals surface area contributed by atoms with Crippen LogP contribution in [0.5, 0.6) is 5.75 Å². The van der Waals surface area contributed by atoms with Crippen LogP contribution in [-0.2, 0) is 14.6 Å². The van der Waals surface area contributed by atoms with Crippen LogP contribution in [0.3, 0.4) is 0 Å². The number of thioether (sulfide) groups is 1. The molecule has 9 heteroatoms. The number of ether oxygens (including phenoxy) is 1. The van der Waals surface area contributed by atoms with E-state index in [1.54, 1.807) is 18.2 Å². The molecule has 2 aromatic carbocycles. The van der Waals surface area contributed by atoms with Gasteiger partial charge in [0.15, 0.2) is 9.84 Å². The molecule has 0 amide bonds. The maximum atomic E-state index is 13.9. The molecule has 4 rings (SSSR count). The molecule has 0 saturated heterocycles. The minimum atomic E-state index is -3.70. The summed E-state index contributed by atoms with van der Waals surface area (Å²) in [6.07, 6.45) is 6.32. The van der Waals surface area contributed by atoms with Crippen molar-refractivity contribution in [3.8, 4) is 5.75 Å². The van der Waals surface area contributed by atoms with Crippen molar-refractivity contribution in [1.82, 2.24) is 0 Å². The number of benzene rings is 2. The summed E-state index contributed by atoms with van der Waals surface area (Å²) in [5.41, 5.74) is -0.0829. The molecule has 1 N–H and O–H groups in total. The van der Waals surface area contributed by atoms with E-state index in [0.717, 1.165) is 29.8 Å². The number of halogens is 1. The fraction of sp³-hybridized carbons (Fsp3) is 0.519. The summed E-state index contributed by atoms with van der Waals surface area (Å²) < 4.78 is 47.5. The van der Waals surface area contributed by atoms with Gasteiger partial charge >= 0.3 is 5.97 Å². The van der Waals surface area contributed by atoms with Gasteiger partial charge in [-0.05, 0) is 62.3 Å². The molecule has 0 spiro atoms. The van der Waals surface area contributed by atoms with Gasteiger partial charge in [0.1, 0.15) is 23.6 Å². The Kier molecular flexibility index (Phi) is 7.62. The van der Waals surface area contributed by atoms with Gasteiger partial charge in [0.2, 0.25) is 0 Å². The minimum absolute atomic E-state index is 0.00576. The monoisotopic (exact) mass is 535 g/mol. The average molecular weight is 536 g/mol. The van der Waals surface area contributed by atoms with E-state index in [9.17, 15) is 22.7 Å². The second-order valence-corrected chi connectivity index (χ2v) is 12.9. The van der Waals surface area contributed by atoms with E-state index < -0.39 is 26.6 Å². The number of hydrogen-bond acceptors (Lipinski definition) is 6. The smallest absolute Gasteiger partial charge is 0.313 e. The number of anilines is 2. The van der Waals surface area contributed by atoms with Gasteiger partial charge < -0.3 is 14.7 Å². The van der Waals surface area contributed by atoms with Crippen LogP contribution in [0, 0.1) is 16.6 Å². The normalized spacial score (nSPS) is 21.9. The summed E-state index contributed by atoms with van der Waals surface area (Å²) in [5.74, 6) is -0.844.